The van der Waals surface area contributed by atoms with Gasteiger partial charge in [0.1, 0.15) is 5.54 Å². The third-order valence-electron chi connectivity index (χ3n) is 5.48. The molecule has 1 aromatic heterocycles. The van der Waals surface area contributed by atoms with Gasteiger partial charge in [-0.1, -0.05) is 19.9 Å². The molecular formula is C17H27Cl2N3O2. The van der Waals surface area contributed by atoms with E-state index in [4.69, 9.17) is 10.5 Å². The Bertz CT molecular complexity index is 556. The molecule has 3 rings (SSSR count). The monoisotopic (exact) mass is 375 g/mol. The van der Waals surface area contributed by atoms with Gasteiger partial charge in [-0.2, -0.15) is 0 Å². The second kappa shape index (κ2) is 8.00. The normalized spacial score (nSPS) is 30.0. The minimum absolute atomic E-state index is 0. The number of pyridine rings is 1. The summed E-state index contributed by atoms with van der Waals surface area (Å²) in [6, 6.07) is 3.91. The van der Waals surface area contributed by atoms with Crippen LogP contribution in [0.2, 0.25) is 0 Å². The third-order valence-corrected chi connectivity index (χ3v) is 5.48. The highest BCUT2D eigenvalue weighted by atomic mass is 35.5. The SMILES string of the molecule is CC1(C)C2OCCCC2C1(N)C(=O)NCCc1cccnc1.Cl.Cl. The average Bonchev–Trinajstić information content (AvgIpc) is 2.55. The van der Waals surface area contributed by atoms with Gasteiger partial charge < -0.3 is 15.8 Å². The summed E-state index contributed by atoms with van der Waals surface area (Å²) < 4.78 is 5.84. The Morgan fingerprint density at radius 3 is 2.88 bits per heavy atom. The van der Waals surface area contributed by atoms with Gasteiger partial charge in [-0.15, -0.1) is 24.8 Å². The molecule has 1 saturated heterocycles. The van der Waals surface area contributed by atoms with Gasteiger partial charge in [0, 0.05) is 36.9 Å². The predicted molar refractivity (Wildman–Crippen MR) is 98.6 cm³/mol. The molecule has 1 aliphatic heterocycles. The maximum atomic E-state index is 12.7. The summed E-state index contributed by atoms with van der Waals surface area (Å²) in [4.78, 5) is 16.8. The summed E-state index contributed by atoms with van der Waals surface area (Å²) in [7, 11) is 0. The molecule has 1 saturated carbocycles. The number of nitrogens with one attached hydrogen (secondary N) is 1. The standard InChI is InChI=1S/C17H25N3O2.2ClH/c1-16(2)14-13(6-4-10-22-14)17(16,18)15(21)20-9-7-12-5-3-8-19-11-12;;/h3,5,8,11,13-14H,4,6-7,9-10,18H2,1-2H3,(H,20,21);2*1H. The Balaban J connectivity index is 0.00000144. The molecule has 1 amide bonds. The second-order valence-electron chi connectivity index (χ2n) is 7.00. The van der Waals surface area contributed by atoms with Crippen LogP contribution < -0.4 is 11.1 Å². The minimum atomic E-state index is -0.826. The summed E-state index contributed by atoms with van der Waals surface area (Å²) >= 11 is 0. The first-order valence-electron chi connectivity index (χ1n) is 8.05. The number of halogens is 2. The summed E-state index contributed by atoms with van der Waals surface area (Å²) in [5.74, 6) is 0.0859. The van der Waals surface area contributed by atoms with Crippen LogP contribution in [0.3, 0.4) is 0 Å². The zero-order chi connectivity index (χ0) is 15.8. The van der Waals surface area contributed by atoms with Crippen LogP contribution in [-0.4, -0.2) is 35.7 Å². The van der Waals surface area contributed by atoms with Crippen LogP contribution in [0, 0.1) is 11.3 Å². The molecule has 136 valence electrons. The summed E-state index contributed by atoms with van der Waals surface area (Å²) in [5.41, 5.74) is 6.52. The average molecular weight is 376 g/mol. The molecule has 0 bridgehead atoms. The smallest absolute Gasteiger partial charge is 0.241 e. The van der Waals surface area contributed by atoms with Crippen molar-refractivity contribution in [3.8, 4) is 0 Å². The van der Waals surface area contributed by atoms with E-state index in [-0.39, 0.29) is 48.2 Å². The zero-order valence-electron chi connectivity index (χ0n) is 14.2. The van der Waals surface area contributed by atoms with E-state index >= 15 is 0 Å². The lowest BCUT2D eigenvalue weighted by Gasteiger charge is -2.65. The lowest BCUT2D eigenvalue weighted by molar-refractivity contribution is -0.225. The number of hydrogen-bond donors (Lipinski definition) is 2. The van der Waals surface area contributed by atoms with Crippen molar-refractivity contribution in [2.75, 3.05) is 13.2 Å². The largest absolute Gasteiger partial charge is 0.377 e. The van der Waals surface area contributed by atoms with Gasteiger partial charge in [-0.25, -0.2) is 0 Å². The molecule has 2 fully saturated rings. The summed E-state index contributed by atoms with van der Waals surface area (Å²) in [6.07, 6.45) is 6.40. The first kappa shape index (κ1) is 21.2. The number of rotatable bonds is 4. The van der Waals surface area contributed by atoms with E-state index in [1.165, 1.54) is 0 Å². The molecule has 3 N–H and O–H groups in total. The fraction of sp³-hybridized carbons (Fsp3) is 0.647. The quantitative estimate of drug-likeness (QED) is 0.844. The lowest BCUT2D eigenvalue weighted by Crippen LogP contribution is -2.82. The predicted octanol–water partition coefficient (Wildman–Crippen LogP) is 2.12. The van der Waals surface area contributed by atoms with E-state index in [0.29, 0.717) is 6.54 Å². The molecule has 5 nitrogen and oxygen atoms in total. The van der Waals surface area contributed by atoms with E-state index in [0.717, 1.165) is 31.4 Å². The first-order valence-corrected chi connectivity index (χ1v) is 8.05. The van der Waals surface area contributed by atoms with Gasteiger partial charge in [0.2, 0.25) is 5.91 Å². The van der Waals surface area contributed by atoms with Crippen molar-refractivity contribution in [3.63, 3.8) is 0 Å². The van der Waals surface area contributed by atoms with Crippen LogP contribution in [0.5, 0.6) is 0 Å². The van der Waals surface area contributed by atoms with E-state index in [1.807, 2.05) is 32.2 Å². The summed E-state index contributed by atoms with van der Waals surface area (Å²) in [6.45, 7) is 5.45. The van der Waals surface area contributed by atoms with Crippen molar-refractivity contribution in [2.45, 2.75) is 44.8 Å². The maximum Gasteiger partial charge on any atom is 0.241 e. The second-order valence-corrected chi connectivity index (χ2v) is 7.00. The molecule has 0 spiro atoms. The van der Waals surface area contributed by atoms with Gasteiger partial charge >= 0.3 is 0 Å². The number of fused-ring (bicyclic) bond motifs is 1. The molecule has 1 aliphatic carbocycles. The Morgan fingerprint density at radius 2 is 2.21 bits per heavy atom. The van der Waals surface area contributed by atoms with Crippen molar-refractivity contribution in [2.24, 2.45) is 17.1 Å². The molecule has 24 heavy (non-hydrogen) atoms. The van der Waals surface area contributed by atoms with E-state index in [9.17, 15) is 4.79 Å². The minimum Gasteiger partial charge on any atom is -0.377 e. The van der Waals surface area contributed by atoms with Crippen LogP contribution in [0.4, 0.5) is 0 Å². The Labute approximate surface area is 155 Å². The molecule has 1 aromatic rings. The van der Waals surface area contributed by atoms with Crippen LogP contribution in [0.25, 0.3) is 0 Å². The Morgan fingerprint density at radius 1 is 1.46 bits per heavy atom. The van der Waals surface area contributed by atoms with Gasteiger partial charge in [-0.05, 0) is 30.9 Å². The molecule has 7 heteroatoms. The van der Waals surface area contributed by atoms with Crippen LogP contribution >= 0.6 is 24.8 Å². The Hall–Kier alpha value is -0.880. The van der Waals surface area contributed by atoms with Crippen LogP contribution in [-0.2, 0) is 16.0 Å². The highest BCUT2D eigenvalue weighted by molar-refractivity contribution is 5.89. The molecule has 3 atom stereocenters. The molecule has 2 heterocycles. The number of nitrogens with two attached hydrogens (primary N) is 1. The number of hydrogen-bond acceptors (Lipinski definition) is 4. The molecule has 3 unspecified atom stereocenters. The zero-order valence-corrected chi connectivity index (χ0v) is 15.8. The number of carbonyl (C=O) groups is 1. The number of nitrogens with zero attached hydrogens (tertiary/aromatic N) is 1. The first-order chi connectivity index (χ1) is 10.5. The fourth-order valence-corrected chi connectivity index (χ4v) is 4.05. The fourth-order valence-electron chi connectivity index (χ4n) is 4.05. The Kier molecular flexibility index (Phi) is 7.05. The van der Waals surface area contributed by atoms with Gasteiger partial charge in [0.05, 0.1) is 6.10 Å². The molecular weight excluding hydrogens is 349 g/mol. The number of amides is 1. The van der Waals surface area contributed by atoms with Crippen molar-refractivity contribution in [3.05, 3.63) is 30.1 Å². The topological polar surface area (TPSA) is 77.2 Å². The maximum absolute atomic E-state index is 12.7. The molecule has 0 aromatic carbocycles. The van der Waals surface area contributed by atoms with Crippen molar-refractivity contribution in [1.82, 2.24) is 10.3 Å². The van der Waals surface area contributed by atoms with Gasteiger partial charge in [-0.3, -0.25) is 9.78 Å². The number of aromatic nitrogens is 1. The highest BCUT2D eigenvalue weighted by Gasteiger charge is 2.70. The molecule has 2 aliphatic rings. The third kappa shape index (κ3) is 3.27. The highest BCUT2D eigenvalue weighted by Crippen LogP contribution is 2.57. The van der Waals surface area contributed by atoms with E-state index < -0.39 is 5.54 Å². The summed E-state index contributed by atoms with van der Waals surface area (Å²) in [5, 5.41) is 3.01. The van der Waals surface area contributed by atoms with Crippen LogP contribution in [0.1, 0.15) is 32.3 Å². The van der Waals surface area contributed by atoms with Crippen molar-refractivity contribution < 1.29 is 9.53 Å². The van der Waals surface area contributed by atoms with Crippen molar-refractivity contribution in [1.29, 1.82) is 0 Å². The number of carbonyl (C=O) groups excluding carboxylic acids is 1. The van der Waals surface area contributed by atoms with Gasteiger partial charge in [0.25, 0.3) is 0 Å². The lowest BCUT2D eigenvalue weighted by atomic mass is 9.46. The van der Waals surface area contributed by atoms with E-state index in [1.54, 1.807) is 6.20 Å². The van der Waals surface area contributed by atoms with E-state index in [2.05, 4.69) is 10.3 Å². The van der Waals surface area contributed by atoms with Crippen molar-refractivity contribution >= 4 is 30.7 Å². The van der Waals surface area contributed by atoms with Gasteiger partial charge in [0.15, 0.2) is 0 Å². The van der Waals surface area contributed by atoms with Crippen LogP contribution in [0.15, 0.2) is 24.5 Å². The number of ether oxygens (including phenoxy) is 1. The molecule has 0 radical (unpaired) electrons.